The summed E-state index contributed by atoms with van der Waals surface area (Å²) in [5.41, 5.74) is 0. The Kier molecular flexibility index (Phi) is 7.49. The number of rotatable bonds is 4. The molecule has 0 amide bonds. The summed E-state index contributed by atoms with van der Waals surface area (Å²) in [5.74, 6) is 0.813. The topological polar surface area (TPSA) is 0 Å². The van der Waals surface area contributed by atoms with E-state index in [4.69, 9.17) is 0 Å². The molecule has 0 aromatic rings. The van der Waals surface area contributed by atoms with Gasteiger partial charge >= 0.3 is 0 Å². The van der Waals surface area contributed by atoms with Crippen LogP contribution in [0.25, 0.3) is 0 Å². The highest BCUT2D eigenvalue weighted by atomic mass is 14.1. The third-order valence-electron chi connectivity index (χ3n) is 3.11. The van der Waals surface area contributed by atoms with Crippen LogP contribution in [0.5, 0.6) is 0 Å². The summed E-state index contributed by atoms with van der Waals surface area (Å²) < 4.78 is 0. The quantitative estimate of drug-likeness (QED) is 0.566. The smallest absolute Gasteiger partial charge is 0.0230 e. The van der Waals surface area contributed by atoms with Crippen molar-refractivity contribution in [1.82, 2.24) is 0 Å². The summed E-state index contributed by atoms with van der Waals surface area (Å²) in [5, 5.41) is 0. The second kappa shape index (κ2) is 9.21. The lowest BCUT2D eigenvalue weighted by Crippen LogP contribution is -1.99. The number of hydrogen-bond donors (Lipinski definition) is 0. The Morgan fingerprint density at radius 1 is 0.688 bits per heavy atom. The fourth-order valence-corrected chi connectivity index (χ4v) is 2.17. The Hall–Kier alpha value is -1.04. The molecule has 0 bridgehead atoms. The van der Waals surface area contributed by atoms with Gasteiger partial charge in [0.1, 0.15) is 0 Å². The predicted octanol–water partition coefficient (Wildman–Crippen LogP) is 5.20. The highest BCUT2D eigenvalue weighted by Crippen LogP contribution is 2.22. The molecule has 0 aliphatic heterocycles. The minimum absolute atomic E-state index is 0.813. The maximum atomic E-state index is 3.63. The van der Waals surface area contributed by atoms with Crippen molar-refractivity contribution in [1.29, 1.82) is 0 Å². The van der Waals surface area contributed by atoms with E-state index in [1.165, 1.54) is 44.9 Å². The average Bonchev–Trinajstić information content (AvgIpc) is 2.25. The molecule has 1 rings (SSSR count). The molecule has 0 atom stereocenters. The van der Waals surface area contributed by atoms with Gasteiger partial charge < -0.3 is 0 Å². The lowest BCUT2D eigenvalue weighted by Gasteiger charge is -2.15. The van der Waals surface area contributed by atoms with E-state index in [0.29, 0.717) is 0 Å². The van der Waals surface area contributed by atoms with Gasteiger partial charge in [-0.05, 0) is 18.8 Å². The Balaban J connectivity index is 2.27. The molecule has 0 aromatic heterocycles. The number of allylic oxidation sites excluding steroid dienone is 7. The van der Waals surface area contributed by atoms with Gasteiger partial charge in [-0.25, -0.2) is 0 Å². The van der Waals surface area contributed by atoms with Crippen LogP contribution in [0.15, 0.2) is 49.1 Å². The van der Waals surface area contributed by atoms with E-state index in [2.05, 4.69) is 30.9 Å². The predicted molar refractivity (Wildman–Crippen MR) is 73.4 cm³/mol. The maximum Gasteiger partial charge on any atom is -0.0230 e. The molecule has 88 valence electrons. The Morgan fingerprint density at radius 2 is 1.25 bits per heavy atom. The zero-order chi connectivity index (χ0) is 11.5. The molecule has 1 aliphatic carbocycles. The van der Waals surface area contributed by atoms with Gasteiger partial charge in [-0.15, -0.1) is 0 Å². The van der Waals surface area contributed by atoms with Crippen LogP contribution in [-0.2, 0) is 0 Å². The average molecular weight is 216 g/mol. The van der Waals surface area contributed by atoms with Crippen molar-refractivity contribution >= 4 is 0 Å². The van der Waals surface area contributed by atoms with Crippen LogP contribution in [0.4, 0.5) is 0 Å². The molecule has 0 nitrogen and oxygen atoms in total. The first-order valence-electron chi connectivity index (χ1n) is 6.56. The summed E-state index contributed by atoms with van der Waals surface area (Å²) in [6.07, 6.45) is 24.4. The van der Waals surface area contributed by atoms with Crippen molar-refractivity contribution in [3.05, 3.63) is 49.1 Å². The van der Waals surface area contributed by atoms with Crippen molar-refractivity contribution < 1.29 is 0 Å². The van der Waals surface area contributed by atoms with E-state index in [0.717, 1.165) is 5.92 Å². The minimum atomic E-state index is 0.813. The molecule has 0 N–H and O–H groups in total. The Bertz CT molecular complexity index is 247. The lowest BCUT2D eigenvalue weighted by molar-refractivity contribution is 0.435. The van der Waals surface area contributed by atoms with Crippen LogP contribution in [0, 0.1) is 5.92 Å². The van der Waals surface area contributed by atoms with Crippen LogP contribution in [0.1, 0.15) is 44.9 Å². The molecule has 16 heavy (non-hydrogen) atoms. The van der Waals surface area contributed by atoms with Crippen molar-refractivity contribution in [2.45, 2.75) is 44.9 Å². The summed E-state index contributed by atoms with van der Waals surface area (Å²) in [6.45, 7) is 3.63. The van der Waals surface area contributed by atoms with E-state index < -0.39 is 0 Å². The molecule has 1 fully saturated rings. The minimum Gasteiger partial charge on any atom is -0.0991 e. The van der Waals surface area contributed by atoms with Crippen molar-refractivity contribution in [3.8, 4) is 0 Å². The summed E-state index contributed by atoms with van der Waals surface area (Å²) in [4.78, 5) is 0. The SMILES string of the molecule is C=CC=CC=CC=CC1CCCCCCC1. The largest absolute Gasteiger partial charge is 0.0991 e. The summed E-state index contributed by atoms with van der Waals surface area (Å²) >= 11 is 0. The molecule has 0 radical (unpaired) electrons. The zero-order valence-corrected chi connectivity index (χ0v) is 10.3. The molecule has 0 saturated heterocycles. The maximum absolute atomic E-state index is 3.63. The lowest BCUT2D eigenvalue weighted by atomic mass is 9.91. The second-order valence-corrected chi connectivity index (χ2v) is 4.50. The Labute approximate surface area is 100 Å². The van der Waals surface area contributed by atoms with Crippen LogP contribution < -0.4 is 0 Å². The zero-order valence-electron chi connectivity index (χ0n) is 10.3. The van der Waals surface area contributed by atoms with E-state index in [9.17, 15) is 0 Å². The van der Waals surface area contributed by atoms with Crippen LogP contribution in [0.2, 0.25) is 0 Å². The van der Waals surface area contributed by atoms with Gasteiger partial charge in [-0.2, -0.15) is 0 Å². The first-order chi connectivity index (χ1) is 7.93. The van der Waals surface area contributed by atoms with Crippen LogP contribution >= 0.6 is 0 Å². The molecule has 0 aromatic carbocycles. The third-order valence-corrected chi connectivity index (χ3v) is 3.11. The first kappa shape index (κ1) is 13.0. The summed E-state index contributed by atoms with van der Waals surface area (Å²) in [6, 6.07) is 0. The van der Waals surface area contributed by atoms with Gasteiger partial charge in [0.2, 0.25) is 0 Å². The fourth-order valence-electron chi connectivity index (χ4n) is 2.17. The fraction of sp³-hybridized carbons (Fsp3) is 0.500. The standard InChI is InChI=1S/C16H24/c1-2-3-4-5-7-10-13-16-14-11-8-6-9-12-15-16/h2-5,7,10,13,16H,1,6,8-9,11-12,14-15H2. The van der Waals surface area contributed by atoms with E-state index in [1.807, 2.05) is 12.2 Å². The van der Waals surface area contributed by atoms with Gasteiger partial charge in [-0.3, -0.25) is 0 Å². The van der Waals surface area contributed by atoms with Crippen LogP contribution in [0.3, 0.4) is 0 Å². The van der Waals surface area contributed by atoms with Gasteiger partial charge in [0.15, 0.2) is 0 Å². The van der Waals surface area contributed by atoms with E-state index in [-0.39, 0.29) is 0 Å². The molecule has 0 unspecified atom stereocenters. The number of hydrogen-bond acceptors (Lipinski definition) is 0. The van der Waals surface area contributed by atoms with E-state index >= 15 is 0 Å². The van der Waals surface area contributed by atoms with Gasteiger partial charge in [0, 0.05) is 0 Å². The van der Waals surface area contributed by atoms with Crippen molar-refractivity contribution in [2.24, 2.45) is 5.92 Å². The van der Waals surface area contributed by atoms with Gasteiger partial charge in [0.05, 0.1) is 0 Å². The molecule has 1 saturated carbocycles. The molecular weight excluding hydrogens is 192 g/mol. The highest BCUT2D eigenvalue weighted by Gasteiger charge is 2.06. The van der Waals surface area contributed by atoms with Gasteiger partial charge in [-0.1, -0.05) is 81.2 Å². The molecule has 1 aliphatic rings. The first-order valence-corrected chi connectivity index (χ1v) is 6.56. The second-order valence-electron chi connectivity index (χ2n) is 4.50. The molecule has 0 spiro atoms. The van der Waals surface area contributed by atoms with Gasteiger partial charge in [0.25, 0.3) is 0 Å². The third kappa shape index (κ3) is 6.44. The van der Waals surface area contributed by atoms with Crippen molar-refractivity contribution in [2.75, 3.05) is 0 Å². The molecular formula is C16H24. The van der Waals surface area contributed by atoms with E-state index in [1.54, 1.807) is 6.08 Å². The Morgan fingerprint density at radius 3 is 1.94 bits per heavy atom. The monoisotopic (exact) mass is 216 g/mol. The highest BCUT2D eigenvalue weighted by molar-refractivity contribution is 5.14. The molecule has 0 heteroatoms. The summed E-state index contributed by atoms with van der Waals surface area (Å²) in [7, 11) is 0. The normalized spacial score (nSPS) is 20.5. The van der Waals surface area contributed by atoms with Crippen LogP contribution in [-0.4, -0.2) is 0 Å². The van der Waals surface area contributed by atoms with Crippen molar-refractivity contribution in [3.63, 3.8) is 0 Å². The molecule has 0 heterocycles.